The quantitative estimate of drug-likeness (QED) is 0.880. The zero-order valence-electron chi connectivity index (χ0n) is 9.79. The van der Waals surface area contributed by atoms with Crippen molar-refractivity contribution < 1.29 is 4.79 Å². The van der Waals surface area contributed by atoms with Crippen LogP contribution in [0.5, 0.6) is 0 Å². The molecule has 1 saturated heterocycles. The van der Waals surface area contributed by atoms with Crippen LogP contribution in [0.1, 0.15) is 19.8 Å². The van der Waals surface area contributed by atoms with E-state index in [0.717, 1.165) is 30.4 Å². The SMILES string of the molecule is CC1(C(=O)Nc2ncccc2Br)CCCNC1. The van der Waals surface area contributed by atoms with Crippen LogP contribution in [0.25, 0.3) is 0 Å². The van der Waals surface area contributed by atoms with Crippen molar-refractivity contribution in [2.45, 2.75) is 19.8 Å². The van der Waals surface area contributed by atoms with Gasteiger partial charge in [-0.3, -0.25) is 4.79 Å². The van der Waals surface area contributed by atoms with E-state index in [1.165, 1.54) is 0 Å². The fraction of sp³-hybridized carbons (Fsp3) is 0.500. The predicted octanol–water partition coefficient (Wildman–Crippen LogP) is 2.17. The van der Waals surface area contributed by atoms with Crippen LogP contribution >= 0.6 is 15.9 Å². The number of nitrogens with one attached hydrogen (secondary N) is 2. The monoisotopic (exact) mass is 297 g/mol. The minimum atomic E-state index is -0.338. The van der Waals surface area contributed by atoms with Gasteiger partial charge in [-0.1, -0.05) is 0 Å². The Morgan fingerprint density at radius 2 is 2.47 bits per heavy atom. The molecule has 1 aromatic rings. The number of hydrogen-bond acceptors (Lipinski definition) is 3. The van der Waals surface area contributed by atoms with Gasteiger partial charge in [-0.2, -0.15) is 0 Å². The number of hydrogen-bond donors (Lipinski definition) is 2. The smallest absolute Gasteiger partial charge is 0.232 e. The first-order chi connectivity index (χ1) is 8.12. The second-order valence-electron chi connectivity index (χ2n) is 4.63. The summed E-state index contributed by atoms with van der Waals surface area (Å²) in [4.78, 5) is 16.4. The van der Waals surface area contributed by atoms with Crippen LogP contribution in [0.4, 0.5) is 5.82 Å². The summed E-state index contributed by atoms with van der Waals surface area (Å²) in [5.41, 5.74) is -0.338. The molecule has 0 saturated carbocycles. The highest BCUT2D eigenvalue weighted by molar-refractivity contribution is 9.10. The maximum Gasteiger partial charge on any atom is 0.232 e. The van der Waals surface area contributed by atoms with Crippen LogP contribution < -0.4 is 10.6 Å². The number of piperidine rings is 1. The van der Waals surface area contributed by atoms with Gasteiger partial charge in [-0.05, 0) is 54.4 Å². The molecule has 1 aliphatic rings. The van der Waals surface area contributed by atoms with Crippen LogP contribution in [-0.4, -0.2) is 24.0 Å². The van der Waals surface area contributed by atoms with E-state index in [1.54, 1.807) is 6.20 Å². The van der Waals surface area contributed by atoms with Gasteiger partial charge in [0, 0.05) is 12.7 Å². The summed E-state index contributed by atoms with van der Waals surface area (Å²) in [6.07, 6.45) is 3.62. The maximum atomic E-state index is 12.2. The standard InChI is InChI=1S/C12H16BrN3O/c1-12(5-3-6-14-8-12)11(17)16-10-9(13)4-2-7-15-10/h2,4,7,14H,3,5-6,8H2,1H3,(H,15,16,17). The second-order valence-corrected chi connectivity index (χ2v) is 5.48. The zero-order valence-corrected chi connectivity index (χ0v) is 11.4. The normalized spacial score (nSPS) is 24.4. The molecular weight excluding hydrogens is 282 g/mol. The summed E-state index contributed by atoms with van der Waals surface area (Å²) in [6, 6.07) is 3.69. The van der Waals surface area contributed by atoms with Crippen LogP contribution in [0.2, 0.25) is 0 Å². The molecule has 2 N–H and O–H groups in total. The molecule has 4 nitrogen and oxygen atoms in total. The predicted molar refractivity (Wildman–Crippen MR) is 70.8 cm³/mol. The molecule has 0 aromatic carbocycles. The molecular formula is C12H16BrN3O. The third-order valence-corrected chi connectivity index (χ3v) is 3.78. The molecule has 2 heterocycles. The average Bonchev–Trinajstić information content (AvgIpc) is 2.33. The number of carbonyl (C=O) groups excluding carboxylic acids is 1. The molecule has 17 heavy (non-hydrogen) atoms. The number of carbonyl (C=O) groups is 1. The van der Waals surface area contributed by atoms with E-state index in [-0.39, 0.29) is 11.3 Å². The Balaban J connectivity index is 2.08. The second kappa shape index (κ2) is 5.14. The number of rotatable bonds is 2. The highest BCUT2D eigenvalue weighted by atomic mass is 79.9. The van der Waals surface area contributed by atoms with Crippen molar-refractivity contribution in [3.8, 4) is 0 Å². The van der Waals surface area contributed by atoms with Gasteiger partial charge in [0.05, 0.1) is 9.89 Å². The van der Waals surface area contributed by atoms with E-state index in [4.69, 9.17) is 0 Å². The maximum absolute atomic E-state index is 12.2. The Morgan fingerprint density at radius 3 is 3.12 bits per heavy atom. The van der Waals surface area contributed by atoms with Gasteiger partial charge in [0.25, 0.3) is 0 Å². The first-order valence-corrected chi connectivity index (χ1v) is 6.54. The number of nitrogens with zero attached hydrogens (tertiary/aromatic N) is 1. The number of pyridine rings is 1. The number of anilines is 1. The number of aromatic nitrogens is 1. The Bertz CT molecular complexity index is 416. The summed E-state index contributed by atoms with van der Waals surface area (Å²) in [6.45, 7) is 3.71. The van der Waals surface area contributed by atoms with Crippen molar-refractivity contribution in [1.29, 1.82) is 0 Å². The topological polar surface area (TPSA) is 54.0 Å². The third-order valence-electron chi connectivity index (χ3n) is 3.14. The molecule has 1 amide bonds. The van der Waals surface area contributed by atoms with Gasteiger partial charge in [0.2, 0.25) is 5.91 Å². The molecule has 0 bridgehead atoms. The van der Waals surface area contributed by atoms with Crippen molar-refractivity contribution >= 4 is 27.7 Å². The highest BCUT2D eigenvalue weighted by Gasteiger charge is 2.34. The lowest BCUT2D eigenvalue weighted by molar-refractivity contribution is -0.125. The number of halogens is 1. The van der Waals surface area contributed by atoms with Crippen LogP contribution in [0.3, 0.4) is 0 Å². The molecule has 1 aliphatic heterocycles. The van der Waals surface area contributed by atoms with Crippen molar-refractivity contribution in [2.75, 3.05) is 18.4 Å². The van der Waals surface area contributed by atoms with Crippen LogP contribution in [0, 0.1) is 5.41 Å². The molecule has 0 radical (unpaired) electrons. The molecule has 1 unspecified atom stereocenters. The molecule has 0 spiro atoms. The fourth-order valence-corrected chi connectivity index (χ4v) is 2.34. The summed E-state index contributed by atoms with van der Waals surface area (Å²) in [5, 5.41) is 6.15. The van der Waals surface area contributed by atoms with Gasteiger partial charge in [-0.25, -0.2) is 4.98 Å². The lowest BCUT2D eigenvalue weighted by Gasteiger charge is -2.32. The molecule has 0 aliphatic carbocycles. The highest BCUT2D eigenvalue weighted by Crippen LogP contribution is 2.28. The van der Waals surface area contributed by atoms with Crippen molar-refractivity contribution in [1.82, 2.24) is 10.3 Å². The zero-order chi connectivity index (χ0) is 12.3. The molecule has 5 heteroatoms. The lowest BCUT2D eigenvalue weighted by Crippen LogP contribution is -2.46. The molecule has 2 rings (SSSR count). The minimum absolute atomic E-state index is 0.0316. The van der Waals surface area contributed by atoms with Gasteiger partial charge in [0.15, 0.2) is 0 Å². The van der Waals surface area contributed by atoms with E-state index in [0.29, 0.717) is 5.82 Å². The van der Waals surface area contributed by atoms with E-state index in [9.17, 15) is 4.79 Å². The Kier molecular flexibility index (Phi) is 3.79. The van der Waals surface area contributed by atoms with E-state index >= 15 is 0 Å². The van der Waals surface area contributed by atoms with Gasteiger partial charge in [0.1, 0.15) is 5.82 Å². The summed E-state index contributed by atoms with van der Waals surface area (Å²) in [7, 11) is 0. The molecule has 1 atom stereocenters. The van der Waals surface area contributed by atoms with Gasteiger partial charge < -0.3 is 10.6 Å². The van der Waals surface area contributed by atoms with Gasteiger partial charge in [-0.15, -0.1) is 0 Å². The van der Waals surface area contributed by atoms with Crippen LogP contribution in [0.15, 0.2) is 22.8 Å². The van der Waals surface area contributed by atoms with Crippen molar-refractivity contribution in [3.63, 3.8) is 0 Å². The largest absolute Gasteiger partial charge is 0.316 e. The fourth-order valence-electron chi connectivity index (χ4n) is 1.99. The van der Waals surface area contributed by atoms with E-state index in [2.05, 4.69) is 31.5 Å². The third kappa shape index (κ3) is 2.84. The van der Waals surface area contributed by atoms with E-state index < -0.39 is 0 Å². The van der Waals surface area contributed by atoms with Gasteiger partial charge >= 0.3 is 0 Å². The summed E-state index contributed by atoms with van der Waals surface area (Å²) < 4.78 is 0.806. The van der Waals surface area contributed by atoms with Crippen LogP contribution in [-0.2, 0) is 4.79 Å². The summed E-state index contributed by atoms with van der Waals surface area (Å²) in [5.74, 6) is 0.619. The van der Waals surface area contributed by atoms with Crippen molar-refractivity contribution in [3.05, 3.63) is 22.8 Å². The Labute approximate surface area is 109 Å². The Hall–Kier alpha value is -0.940. The summed E-state index contributed by atoms with van der Waals surface area (Å²) >= 11 is 3.37. The Morgan fingerprint density at radius 1 is 1.65 bits per heavy atom. The first kappa shape index (κ1) is 12.5. The number of amides is 1. The lowest BCUT2D eigenvalue weighted by atomic mass is 9.82. The minimum Gasteiger partial charge on any atom is -0.316 e. The first-order valence-electron chi connectivity index (χ1n) is 5.74. The molecule has 1 fully saturated rings. The molecule has 92 valence electrons. The average molecular weight is 298 g/mol. The van der Waals surface area contributed by atoms with Crippen molar-refractivity contribution in [2.24, 2.45) is 5.41 Å². The van der Waals surface area contributed by atoms with E-state index in [1.807, 2.05) is 19.1 Å². The molecule has 1 aromatic heterocycles.